The van der Waals surface area contributed by atoms with Gasteiger partial charge in [0.2, 0.25) is 0 Å². The highest BCUT2D eigenvalue weighted by molar-refractivity contribution is 6.16. The second kappa shape index (κ2) is 5.25. The molecule has 0 amide bonds. The highest BCUT2D eigenvalue weighted by Gasteiger charge is 2.12. The molecule has 0 fully saturated rings. The van der Waals surface area contributed by atoms with Crippen molar-refractivity contribution in [2.45, 2.75) is 25.8 Å². The first-order valence-electron chi connectivity index (χ1n) is 6.54. The zero-order chi connectivity index (χ0) is 14.1. The summed E-state index contributed by atoms with van der Waals surface area (Å²) in [7, 11) is 1.92. The zero-order valence-corrected chi connectivity index (χ0v) is 12.3. The molecule has 0 radical (unpaired) electrons. The van der Waals surface area contributed by atoms with Gasteiger partial charge >= 0.3 is 0 Å². The maximum atomic E-state index is 6.01. The van der Waals surface area contributed by atoms with E-state index in [2.05, 4.69) is 19.6 Å². The normalized spacial score (nSPS) is 11.3. The molecule has 0 saturated carbocycles. The minimum absolute atomic E-state index is 0.387. The lowest BCUT2D eigenvalue weighted by molar-refractivity contribution is 0.656. The lowest BCUT2D eigenvalue weighted by Gasteiger charge is -2.05. The van der Waals surface area contributed by atoms with Crippen LogP contribution < -0.4 is 0 Å². The summed E-state index contributed by atoms with van der Waals surface area (Å²) in [5, 5.41) is 4.39. The van der Waals surface area contributed by atoms with E-state index < -0.39 is 0 Å². The lowest BCUT2D eigenvalue weighted by Crippen LogP contribution is -2.06. The lowest BCUT2D eigenvalue weighted by atomic mass is 10.2. The van der Waals surface area contributed by atoms with Crippen molar-refractivity contribution in [2.24, 2.45) is 7.05 Å². The summed E-state index contributed by atoms with van der Waals surface area (Å²) in [4.78, 5) is 9.04. The monoisotopic (exact) mass is 289 g/mol. The molecule has 0 aromatic carbocycles. The topological polar surface area (TPSA) is 48.5 Å². The van der Waals surface area contributed by atoms with E-state index in [9.17, 15) is 0 Å². The van der Waals surface area contributed by atoms with E-state index in [-0.39, 0.29) is 0 Å². The van der Waals surface area contributed by atoms with Crippen LogP contribution in [0.4, 0.5) is 0 Å². The fraction of sp³-hybridized carbons (Fsp3) is 0.357. The van der Waals surface area contributed by atoms with Crippen molar-refractivity contribution < 1.29 is 0 Å². The molecule has 0 aliphatic heterocycles. The van der Waals surface area contributed by atoms with Crippen LogP contribution in [0.3, 0.4) is 0 Å². The van der Waals surface area contributed by atoms with Crippen molar-refractivity contribution in [1.29, 1.82) is 0 Å². The van der Waals surface area contributed by atoms with Crippen LogP contribution in [0.1, 0.15) is 17.1 Å². The predicted molar refractivity (Wildman–Crippen MR) is 78.7 cm³/mol. The molecule has 20 heavy (non-hydrogen) atoms. The molecule has 0 spiro atoms. The number of imidazole rings is 1. The Bertz CT molecular complexity index is 743. The first-order chi connectivity index (χ1) is 9.69. The number of rotatable bonds is 4. The summed E-state index contributed by atoms with van der Waals surface area (Å²) in [5.74, 6) is 1.25. The van der Waals surface area contributed by atoms with Gasteiger partial charge in [-0.2, -0.15) is 5.10 Å². The van der Waals surface area contributed by atoms with Gasteiger partial charge in [-0.15, -0.1) is 11.6 Å². The highest BCUT2D eigenvalue weighted by atomic mass is 35.5. The number of hydrogen-bond donors (Lipinski definition) is 0. The molecule has 0 aliphatic rings. The Hall–Kier alpha value is -1.88. The highest BCUT2D eigenvalue weighted by Crippen LogP contribution is 2.19. The number of fused-ring (bicyclic) bond motifs is 1. The van der Waals surface area contributed by atoms with E-state index in [1.54, 1.807) is 0 Å². The van der Waals surface area contributed by atoms with Crippen molar-refractivity contribution in [3.05, 3.63) is 41.6 Å². The van der Waals surface area contributed by atoms with E-state index in [0.29, 0.717) is 5.88 Å². The van der Waals surface area contributed by atoms with Gasteiger partial charge in [0.05, 0.1) is 11.6 Å². The van der Waals surface area contributed by atoms with Gasteiger partial charge < -0.3 is 4.57 Å². The number of hydrogen-bond acceptors (Lipinski definition) is 3. The molecule has 3 heterocycles. The van der Waals surface area contributed by atoms with Gasteiger partial charge in [-0.05, 0) is 24.6 Å². The average Bonchev–Trinajstić information content (AvgIpc) is 3.01. The van der Waals surface area contributed by atoms with Gasteiger partial charge in [-0.1, -0.05) is 0 Å². The minimum Gasteiger partial charge on any atom is -0.311 e. The summed E-state index contributed by atoms with van der Waals surface area (Å²) in [6, 6.07) is 3.99. The molecule has 0 unspecified atom stereocenters. The number of nitrogens with zero attached hydrogens (tertiary/aromatic N) is 5. The average molecular weight is 290 g/mol. The third kappa shape index (κ3) is 2.29. The Morgan fingerprint density at radius 3 is 2.85 bits per heavy atom. The first kappa shape index (κ1) is 13.1. The molecule has 0 saturated heterocycles. The Morgan fingerprint density at radius 2 is 2.15 bits per heavy atom. The van der Waals surface area contributed by atoms with Crippen LogP contribution >= 0.6 is 11.6 Å². The van der Waals surface area contributed by atoms with Crippen molar-refractivity contribution in [2.75, 3.05) is 0 Å². The molecule has 0 atom stereocenters. The summed E-state index contributed by atoms with van der Waals surface area (Å²) >= 11 is 6.01. The Balaban J connectivity index is 1.95. The maximum Gasteiger partial charge on any atom is 0.160 e. The molecular formula is C14H16ClN5. The molecule has 0 bridgehead atoms. The van der Waals surface area contributed by atoms with Crippen molar-refractivity contribution in [3.8, 4) is 0 Å². The van der Waals surface area contributed by atoms with Gasteiger partial charge in [0.1, 0.15) is 11.3 Å². The molecule has 6 heteroatoms. The fourth-order valence-electron chi connectivity index (χ4n) is 2.34. The summed E-state index contributed by atoms with van der Waals surface area (Å²) < 4.78 is 3.90. The molecule has 3 aromatic rings. The second-order valence-electron chi connectivity index (χ2n) is 4.84. The molecule has 0 N–H and O–H groups in total. The molecule has 104 valence electrons. The first-order valence-corrected chi connectivity index (χ1v) is 7.07. The standard InChI is InChI=1S/C14H16ClN5/c1-10-3-6-16-14-13(10)17-12(9-15)20(14)8-5-11-4-7-19(2)18-11/h3-4,6-7H,5,8-9H2,1-2H3. The van der Waals surface area contributed by atoms with Crippen LogP contribution in [0, 0.1) is 6.92 Å². The number of pyridine rings is 1. The summed E-state index contributed by atoms with van der Waals surface area (Å²) in [5.41, 5.74) is 4.02. The summed E-state index contributed by atoms with van der Waals surface area (Å²) in [6.07, 6.45) is 4.60. The number of alkyl halides is 1. The van der Waals surface area contributed by atoms with Gasteiger partial charge in [-0.25, -0.2) is 9.97 Å². The second-order valence-corrected chi connectivity index (χ2v) is 5.11. The third-order valence-electron chi connectivity index (χ3n) is 3.39. The van der Waals surface area contributed by atoms with Crippen LogP contribution in [-0.2, 0) is 25.9 Å². The largest absolute Gasteiger partial charge is 0.311 e. The molecule has 5 nitrogen and oxygen atoms in total. The van der Waals surface area contributed by atoms with Crippen molar-refractivity contribution in [1.82, 2.24) is 24.3 Å². The van der Waals surface area contributed by atoms with Gasteiger partial charge in [0, 0.05) is 32.4 Å². The van der Waals surface area contributed by atoms with Crippen LogP contribution in [0.5, 0.6) is 0 Å². The number of halogens is 1. The van der Waals surface area contributed by atoms with E-state index >= 15 is 0 Å². The quantitative estimate of drug-likeness (QED) is 0.693. The molecular weight excluding hydrogens is 274 g/mol. The van der Waals surface area contributed by atoms with Gasteiger partial charge in [-0.3, -0.25) is 4.68 Å². The minimum atomic E-state index is 0.387. The van der Waals surface area contributed by atoms with Crippen LogP contribution in [0.15, 0.2) is 24.5 Å². The van der Waals surface area contributed by atoms with E-state index in [4.69, 9.17) is 11.6 Å². The molecule has 3 rings (SSSR count). The fourth-order valence-corrected chi connectivity index (χ4v) is 2.55. The number of aromatic nitrogens is 5. The predicted octanol–water partition coefficient (Wildman–Crippen LogP) is 2.45. The van der Waals surface area contributed by atoms with Crippen molar-refractivity contribution in [3.63, 3.8) is 0 Å². The SMILES string of the molecule is Cc1ccnc2c1nc(CCl)n2CCc1ccn(C)n1. The maximum absolute atomic E-state index is 6.01. The van der Waals surface area contributed by atoms with E-state index in [0.717, 1.165) is 41.2 Å². The Labute approximate surface area is 122 Å². The van der Waals surface area contributed by atoms with Crippen LogP contribution in [0.2, 0.25) is 0 Å². The third-order valence-corrected chi connectivity index (χ3v) is 3.63. The smallest absolute Gasteiger partial charge is 0.160 e. The van der Waals surface area contributed by atoms with Crippen LogP contribution in [-0.4, -0.2) is 24.3 Å². The van der Waals surface area contributed by atoms with Gasteiger partial charge in [0.15, 0.2) is 5.65 Å². The number of aryl methyl sites for hydroxylation is 4. The molecule has 3 aromatic heterocycles. The summed E-state index contributed by atoms with van der Waals surface area (Å²) in [6.45, 7) is 2.82. The zero-order valence-electron chi connectivity index (χ0n) is 11.5. The van der Waals surface area contributed by atoms with Crippen molar-refractivity contribution >= 4 is 22.8 Å². The van der Waals surface area contributed by atoms with Crippen LogP contribution in [0.25, 0.3) is 11.2 Å². The van der Waals surface area contributed by atoms with E-state index in [1.807, 2.05) is 43.2 Å². The Kier molecular flexibility index (Phi) is 3.44. The van der Waals surface area contributed by atoms with E-state index in [1.165, 1.54) is 0 Å². The Morgan fingerprint density at radius 1 is 1.30 bits per heavy atom. The molecule has 0 aliphatic carbocycles. The van der Waals surface area contributed by atoms with Gasteiger partial charge in [0.25, 0.3) is 0 Å².